The summed E-state index contributed by atoms with van der Waals surface area (Å²) in [6.45, 7) is 7.04. The van der Waals surface area contributed by atoms with Crippen LogP contribution in [0.5, 0.6) is 0 Å². The van der Waals surface area contributed by atoms with Gasteiger partial charge in [-0.25, -0.2) is 0 Å². The van der Waals surface area contributed by atoms with E-state index in [0.717, 1.165) is 37.0 Å². The topological polar surface area (TPSA) is 46.3 Å². The first-order valence-corrected chi connectivity index (χ1v) is 10.00. The average Bonchev–Trinajstić information content (AvgIpc) is 3.06. The summed E-state index contributed by atoms with van der Waals surface area (Å²) in [6.07, 6.45) is 11.6. The van der Waals surface area contributed by atoms with E-state index in [1.54, 1.807) is 0 Å². The third-order valence-electron chi connectivity index (χ3n) is 9.37. The lowest BCUT2D eigenvalue weighted by Crippen LogP contribution is -2.56. The predicted octanol–water partition coefficient (Wildman–Crippen LogP) is 4.38. The molecule has 1 aromatic rings. The Labute approximate surface area is 145 Å². The Morgan fingerprint density at radius 3 is 2.71 bits per heavy atom. The molecule has 5 rings (SSSR count). The fourth-order valence-corrected chi connectivity index (χ4v) is 7.63. The largest absolute Gasteiger partial charge is 0.390 e. The van der Waals surface area contributed by atoms with Gasteiger partial charge >= 0.3 is 0 Å². The highest BCUT2D eigenvalue weighted by atomic mass is 16.5. The molecule has 3 nitrogen and oxygen atoms in total. The zero-order valence-electron chi connectivity index (χ0n) is 15.3. The minimum absolute atomic E-state index is 0.133. The van der Waals surface area contributed by atoms with E-state index in [1.807, 2.05) is 6.26 Å². The number of aliphatic hydroxyl groups is 1. The second kappa shape index (κ2) is 4.66. The maximum atomic E-state index is 11.0. The Hall–Kier alpha value is -0.830. The maximum Gasteiger partial charge on any atom is 0.127 e. The lowest BCUT2D eigenvalue weighted by atomic mass is 9.44. The van der Waals surface area contributed by atoms with Gasteiger partial charge in [-0.15, -0.1) is 0 Å². The summed E-state index contributed by atoms with van der Waals surface area (Å²) < 4.78 is 5.28. The Kier molecular flexibility index (Phi) is 3.00. The van der Waals surface area contributed by atoms with Crippen molar-refractivity contribution in [1.82, 2.24) is 5.16 Å². The first kappa shape index (κ1) is 15.4. The van der Waals surface area contributed by atoms with Crippen LogP contribution in [0.2, 0.25) is 0 Å². The SMILES string of the molecule is C[C@]12Cc3conc3C[C@@H]1CC[C@H]1[C@H]2CC[C@@]2(C)[C@H]1CC[C@]2(C)O. The molecule has 0 saturated heterocycles. The van der Waals surface area contributed by atoms with E-state index in [1.165, 1.54) is 43.4 Å². The molecule has 0 aliphatic heterocycles. The molecule has 0 unspecified atom stereocenters. The van der Waals surface area contributed by atoms with Gasteiger partial charge in [0, 0.05) is 5.56 Å². The van der Waals surface area contributed by atoms with Crippen LogP contribution in [0.1, 0.15) is 70.6 Å². The summed E-state index contributed by atoms with van der Waals surface area (Å²) in [7, 11) is 0. The quantitative estimate of drug-likeness (QED) is 0.768. The van der Waals surface area contributed by atoms with E-state index < -0.39 is 5.60 Å². The third-order valence-corrected chi connectivity index (χ3v) is 9.37. The Morgan fingerprint density at radius 1 is 1.08 bits per heavy atom. The van der Waals surface area contributed by atoms with E-state index in [0.29, 0.717) is 11.3 Å². The lowest BCUT2D eigenvalue weighted by molar-refractivity contribution is -0.139. The van der Waals surface area contributed by atoms with Crippen LogP contribution in [0.15, 0.2) is 10.8 Å². The molecule has 0 aromatic carbocycles. The molecule has 4 aliphatic rings. The molecule has 132 valence electrons. The normalized spacial score (nSPS) is 53.0. The molecule has 0 amide bonds. The molecule has 1 N–H and O–H groups in total. The molecule has 7 atom stereocenters. The summed E-state index contributed by atoms with van der Waals surface area (Å²) in [4.78, 5) is 0. The van der Waals surface area contributed by atoms with Crippen LogP contribution in [0.4, 0.5) is 0 Å². The van der Waals surface area contributed by atoms with Crippen LogP contribution in [0, 0.1) is 34.5 Å². The van der Waals surface area contributed by atoms with Crippen molar-refractivity contribution in [3.05, 3.63) is 17.5 Å². The number of aromatic nitrogens is 1. The highest BCUT2D eigenvalue weighted by molar-refractivity contribution is 5.25. The molecule has 24 heavy (non-hydrogen) atoms. The molecular weight excluding hydrogens is 298 g/mol. The minimum atomic E-state index is -0.464. The molecule has 3 saturated carbocycles. The van der Waals surface area contributed by atoms with E-state index in [2.05, 4.69) is 25.9 Å². The van der Waals surface area contributed by atoms with Crippen LogP contribution in [0.25, 0.3) is 0 Å². The molecule has 0 radical (unpaired) electrons. The van der Waals surface area contributed by atoms with Crippen molar-refractivity contribution in [1.29, 1.82) is 0 Å². The second-order valence-electron chi connectivity index (χ2n) is 10.1. The first-order valence-electron chi connectivity index (χ1n) is 10.00. The van der Waals surface area contributed by atoms with Gasteiger partial charge < -0.3 is 9.63 Å². The van der Waals surface area contributed by atoms with E-state index >= 15 is 0 Å². The number of nitrogens with zero attached hydrogens (tertiary/aromatic N) is 1. The van der Waals surface area contributed by atoms with Gasteiger partial charge in [0.05, 0.1) is 11.3 Å². The highest BCUT2D eigenvalue weighted by Crippen LogP contribution is 2.67. The van der Waals surface area contributed by atoms with Gasteiger partial charge in [-0.05, 0) is 92.8 Å². The van der Waals surface area contributed by atoms with Crippen molar-refractivity contribution in [3.63, 3.8) is 0 Å². The highest BCUT2D eigenvalue weighted by Gasteiger charge is 2.63. The molecule has 3 fully saturated rings. The van der Waals surface area contributed by atoms with Gasteiger partial charge in [-0.3, -0.25) is 0 Å². The van der Waals surface area contributed by atoms with Gasteiger partial charge in [-0.1, -0.05) is 19.0 Å². The second-order valence-corrected chi connectivity index (χ2v) is 10.1. The summed E-state index contributed by atoms with van der Waals surface area (Å²) in [5, 5.41) is 15.3. The standard InChI is InChI=1S/C21H31NO2/c1-19-11-13-12-24-22-18(13)10-14(19)4-5-15-16(19)6-8-20(2)17(15)7-9-21(20,3)23/h12,14-17,23H,4-11H2,1-3H3/t14-,15-,16+,17-,19-,20-,21-/m0/s1. The number of hydrogen-bond acceptors (Lipinski definition) is 3. The van der Waals surface area contributed by atoms with Crippen molar-refractivity contribution in [2.24, 2.45) is 34.5 Å². The van der Waals surface area contributed by atoms with Crippen LogP contribution in [-0.2, 0) is 12.8 Å². The molecule has 0 bridgehead atoms. The van der Waals surface area contributed by atoms with Crippen LogP contribution < -0.4 is 0 Å². The zero-order valence-corrected chi connectivity index (χ0v) is 15.3. The fraction of sp³-hybridized carbons (Fsp3) is 0.857. The first-order chi connectivity index (χ1) is 11.4. The van der Waals surface area contributed by atoms with Crippen LogP contribution in [-0.4, -0.2) is 15.9 Å². The molecule has 1 heterocycles. The Morgan fingerprint density at radius 2 is 1.88 bits per heavy atom. The molecule has 3 heteroatoms. The van der Waals surface area contributed by atoms with Crippen molar-refractivity contribution in [2.75, 3.05) is 0 Å². The van der Waals surface area contributed by atoms with E-state index in [-0.39, 0.29) is 5.41 Å². The smallest absolute Gasteiger partial charge is 0.127 e. The summed E-state index contributed by atoms with van der Waals surface area (Å²) in [5.41, 5.74) is 2.65. The minimum Gasteiger partial charge on any atom is -0.390 e. The number of rotatable bonds is 0. The Bertz CT molecular complexity index is 665. The van der Waals surface area contributed by atoms with Gasteiger partial charge in [-0.2, -0.15) is 0 Å². The summed E-state index contributed by atoms with van der Waals surface area (Å²) in [6, 6.07) is 0. The monoisotopic (exact) mass is 329 g/mol. The van der Waals surface area contributed by atoms with Crippen LogP contribution in [0.3, 0.4) is 0 Å². The molecule has 1 aromatic heterocycles. The average molecular weight is 329 g/mol. The van der Waals surface area contributed by atoms with Crippen LogP contribution >= 0.6 is 0 Å². The molecule has 4 aliphatic carbocycles. The molecule has 0 spiro atoms. The summed E-state index contributed by atoms with van der Waals surface area (Å²) >= 11 is 0. The van der Waals surface area contributed by atoms with E-state index in [4.69, 9.17) is 4.52 Å². The predicted molar refractivity (Wildman–Crippen MR) is 92.4 cm³/mol. The van der Waals surface area contributed by atoms with E-state index in [9.17, 15) is 5.11 Å². The lowest BCUT2D eigenvalue weighted by Gasteiger charge is -2.60. The fourth-order valence-electron chi connectivity index (χ4n) is 7.63. The third kappa shape index (κ3) is 1.75. The van der Waals surface area contributed by atoms with Gasteiger partial charge in [0.1, 0.15) is 6.26 Å². The van der Waals surface area contributed by atoms with Crippen molar-refractivity contribution in [3.8, 4) is 0 Å². The van der Waals surface area contributed by atoms with Crippen molar-refractivity contribution in [2.45, 2.75) is 77.7 Å². The van der Waals surface area contributed by atoms with Gasteiger partial charge in [0.2, 0.25) is 0 Å². The number of hydrogen-bond donors (Lipinski definition) is 1. The summed E-state index contributed by atoms with van der Waals surface area (Å²) in [5.74, 6) is 3.10. The van der Waals surface area contributed by atoms with Gasteiger partial charge in [0.15, 0.2) is 0 Å². The zero-order chi connectivity index (χ0) is 16.7. The maximum absolute atomic E-state index is 11.0. The van der Waals surface area contributed by atoms with Gasteiger partial charge in [0.25, 0.3) is 0 Å². The Balaban J connectivity index is 1.50. The number of fused-ring (bicyclic) bond motifs is 6. The van der Waals surface area contributed by atoms with Crippen molar-refractivity contribution >= 4 is 0 Å². The molecular formula is C21H31NO2. The van der Waals surface area contributed by atoms with Crippen molar-refractivity contribution < 1.29 is 9.63 Å².